The second-order valence-electron chi connectivity index (χ2n) is 3.46. The number of rotatable bonds is 0. The van der Waals surface area contributed by atoms with Gasteiger partial charge in [-0.05, 0) is 18.9 Å². The Morgan fingerprint density at radius 1 is 1.50 bits per heavy atom. The summed E-state index contributed by atoms with van der Waals surface area (Å²) in [4.78, 5) is 13.6. The summed E-state index contributed by atoms with van der Waals surface area (Å²) in [7, 11) is 0. The summed E-state index contributed by atoms with van der Waals surface area (Å²) in [6.45, 7) is 4.36. The molecule has 2 aliphatic rings. The average molecular weight is 139 g/mol. The number of carbonyl (C=O) groups excluding carboxylic acids is 1. The molecule has 2 heterocycles. The molecule has 0 saturated carbocycles. The molecule has 0 aromatic heterocycles. The van der Waals surface area contributed by atoms with Crippen LogP contribution in [0.5, 0.6) is 0 Å². The summed E-state index contributed by atoms with van der Waals surface area (Å²) in [6, 6.07) is 0.306. The standard InChI is InChI=1S/C8H13NO/c1-6-2-4-9-5-3-7(10)8(6)9/h6,8H,2-5H2,1H3. The Morgan fingerprint density at radius 3 is 3.00 bits per heavy atom. The first-order valence-electron chi connectivity index (χ1n) is 4.06. The Kier molecular flexibility index (Phi) is 1.31. The molecule has 2 unspecified atom stereocenters. The molecule has 10 heavy (non-hydrogen) atoms. The predicted octanol–water partition coefficient (Wildman–Crippen LogP) is 0.670. The molecule has 2 rings (SSSR count). The fraction of sp³-hybridized carbons (Fsp3) is 0.875. The van der Waals surface area contributed by atoms with E-state index in [0.29, 0.717) is 17.7 Å². The highest BCUT2D eigenvalue weighted by Crippen LogP contribution is 2.29. The minimum atomic E-state index is 0.306. The van der Waals surface area contributed by atoms with Gasteiger partial charge in [0.05, 0.1) is 6.04 Å². The summed E-state index contributed by atoms with van der Waals surface area (Å²) >= 11 is 0. The van der Waals surface area contributed by atoms with Crippen LogP contribution in [0, 0.1) is 5.92 Å². The molecule has 0 aromatic carbocycles. The van der Waals surface area contributed by atoms with Crippen molar-refractivity contribution in [3.63, 3.8) is 0 Å². The monoisotopic (exact) mass is 139 g/mol. The molecule has 2 saturated heterocycles. The molecule has 0 N–H and O–H groups in total. The van der Waals surface area contributed by atoms with E-state index in [-0.39, 0.29) is 0 Å². The van der Waals surface area contributed by atoms with Crippen LogP contribution in [0.2, 0.25) is 0 Å². The maximum absolute atomic E-state index is 11.2. The third-order valence-corrected chi connectivity index (χ3v) is 2.78. The van der Waals surface area contributed by atoms with Crippen molar-refractivity contribution in [3.05, 3.63) is 0 Å². The molecule has 2 aliphatic heterocycles. The van der Waals surface area contributed by atoms with Gasteiger partial charge in [0.25, 0.3) is 0 Å². The zero-order valence-corrected chi connectivity index (χ0v) is 6.34. The van der Waals surface area contributed by atoms with Crippen LogP contribution in [0.3, 0.4) is 0 Å². The summed E-state index contributed by atoms with van der Waals surface area (Å²) in [5.74, 6) is 1.10. The van der Waals surface area contributed by atoms with E-state index in [9.17, 15) is 4.79 Å². The lowest BCUT2D eigenvalue weighted by atomic mass is 10.0. The molecule has 0 bridgehead atoms. The molecule has 2 fully saturated rings. The Hall–Kier alpha value is -0.370. The van der Waals surface area contributed by atoms with Gasteiger partial charge in [-0.1, -0.05) is 6.92 Å². The smallest absolute Gasteiger partial charge is 0.151 e. The van der Waals surface area contributed by atoms with Crippen LogP contribution in [0.25, 0.3) is 0 Å². The number of ketones is 1. The van der Waals surface area contributed by atoms with Gasteiger partial charge in [0.15, 0.2) is 5.78 Å². The minimum Gasteiger partial charge on any atom is -0.298 e. The number of nitrogens with zero attached hydrogens (tertiary/aromatic N) is 1. The maximum Gasteiger partial charge on any atom is 0.151 e. The van der Waals surface area contributed by atoms with Crippen LogP contribution in [0.1, 0.15) is 19.8 Å². The zero-order chi connectivity index (χ0) is 7.14. The molecule has 2 nitrogen and oxygen atoms in total. The molecule has 2 atom stereocenters. The Bertz CT molecular complexity index is 167. The van der Waals surface area contributed by atoms with Gasteiger partial charge in [0.2, 0.25) is 0 Å². The van der Waals surface area contributed by atoms with Crippen molar-refractivity contribution in [3.8, 4) is 0 Å². The van der Waals surface area contributed by atoms with Gasteiger partial charge >= 0.3 is 0 Å². The largest absolute Gasteiger partial charge is 0.298 e. The molecule has 0 aliphatic carbocycles. The zero-order valence-electron chi connectivity index (χ0n) is 6.34. The van der Waals surface area contributed by atoms with E-state index in [1.807, 2.05) is 0 Å². The molecular formula is C8H13NO. The van der Waals surface area contributed by atoms with Crippen molar-refractivity contribution in [1.82, 2.24) is 4.90 Å². The molecule has 0 radical (unpaired) electrons. The van der Waals surface area contributed by atoms with Crippen molar-refractivity contribution in [1.29, 1.82) is 0 Å². The quantitative estimate of drug-likeness (QED) is 0.491. The molecule has 56 valence electrons. The molecule has 0 amide bonds. The van der Waals surface area contributed by atoms with Crippen LogP contribution in [-0.2, 0) is 4.79 Å². The van der Waals surface area contributed by atoms with E-state index in [1.165, 1.54) is 6.42 Å². The second-order valence-corrected chi connectivity index (χ2v) is 3.46. The number of carbonyl (C=O) groups is 1. The number of fused-ring (bicyclic) bond motifs is 1. The summed E-state index contributed by atoms with van der Waals surface area (Å²) < 4.78 is 0. The van der Waals surface area contributed by atoms with Crippen LogP contribution in [0.4, 0.5) is 0 Å². The van der Waals surface area contributed by atoms with Crippen LogP contribution >= 0.6 is 0 Å². The third-order valence-electron chi connectivity index (χ3n) is 2.78. The molecular weight excluding hydrogens is 126 g/mol. The number of Topliss-reactive ketones (excluding diaryl/α,β-unsaturated/α-hetero) is 1. The first-order valence-corrected chi connectivity index (χ1v) is 4.06. The number of hydrogen-bond acceptors (Lipinski definition) is 2. The van der Waals surface area contributed by atoms with E-state index in [1.54, 1.807) is 0 Å². The van der Waals surface area contributed by atoms with E-state index in [4.69, 9.17) is 0 Å². The van der Waals surface area contributed by atoms with E-state index < -0.39 is 0 Å². The average Bonchev–Trinajstić information content (AvgIpc) is 2.40. The summed E-state index contributed by atoms with van der Waals surface area (Å²) in [5.41, 5.74) is 0. The lowest BCUT2D eigenvalue weighted by Gasteiger charge is -2.14. The van der Waals surface area contributed by atoms with Gasteiger partial charge in [-0.15, -0.1) is 0 Å². The third kappa shape index (κ3) is 0.717. The summed E-state index contributed by atoms with van der Waals surface area (Å²) in [6.07, 6.45) is 2.02. The van der Waals surface area contributed by atoms with Crippen molar-refractivity contribution in [2.75, 3.05) is 13.1 Å². The predicted molar refractivity (Wildman–Crippen MR) is 38.8 cm³/mol. The summed E-state index contributed by atoms with van der Waals surface area (Å²) in [5, 5.41) is 0. The first kappa shape index (κ1) is 6.35. The maximum atomic E-state index is 11.2. The molecule has 0 spiro atoms. The minimum absolute atomic E-state index is 0.306. The van der Waals surface area contributed by atoms with Crippen LogP contribution in [-0.4, -0.2) is 29.8 Å². The van der Waals surface area contributed by atoms with Gasteiger partial charge < -0.3 is 0 Å². The van der Waals surface area contributed by atoms with Crippen LogP contribution < -0.4 is 0 Å². The normalized spacial score (nSPS) is 40.7. The highest BCUT2D eigenvalue weighted by molar-refractivity contribution is 5.86. The van der Waals surface area contributed by atoms with Gasteiger partial charge in [-0.2, -0.15) is 0 Å². The fourth-order valence-electron chi connectivity index (χ4n) is 2.20. The highest BCUT2D eigenvalue weighted by atomic mass is 16.1. The second kappa shape index (κ2) is 2.06. The topological polar surface area (TPSA) is 20.3 Å². The van der Waals surface area contributed by atoms with Crippen LogP contribution in [0.15, 0.2) is 0 Å². The lowest BCUT2D eigenvalue weighted by molar-refractivity contribution is -0.120. The van der Waals surface area contributed by atoms with Crippen molar-refractivity contribution >= 4 is 5.78 Å². The SMILES string of the molecule is CC1CCN2CCC(=O)C12. The van der Waals surface area contributed by atoms with E-state index in [0.717, 1.165) is 19.5 Å². The van der Waals surface area contributed by atoms with Crippen molar-refractivity contribution in [2.24, 2.45) is 5.92 Å². The first-order chi connectivity index (χ1) is 4.79. The Labute approximate surface area is 61.2 Å². The molecule has 0 aromatic rings. The molecule has 2 heteroatoms. The van der Waals surface area contributed by atoms with Gasteiger partial charge in [0.1, 0.15) is 0 Å². The lowest BCUT2D eigenvalue weighted by Crippen LogP contribution is -2.29. The van der Waals surface area contributed by atoms with E-state index in [2.05, 4.69) is 11.8 Å². The highest BCUT2D eigenvalue weighted by Gasteiger charge is 2.40. The Balaban J connectivity index is 2.19. The Morgan fingerprint density at radius 2 is 2.30 bits per heavy atom. The van der Waals surface area contributed by atoms with E-state index >= 15 is 0 Å². The van der Waals surface area contributed by atoms with Crippen molar-refractivity contribution < 1.29 is 4.79 Å². The number of hydrogen-bond donors (Lipinski definition) is 0. The van der Waals surface area contributed by atoms with Crippen molar-refractivity contribution in [2.45, 2.75) is 25.8 Å². The van der Waals surface area contributed by atoms with Gasteiger partial charge in [-0.3, -0.25) is 9.69 Å². The van der Waals surface area contributed by atoms with Gasteiger partial charge in [-0.25, -0.2) is 0 Å². The van der Waals surface area contributed by atoms with Gasteiger partial charge in [0, 0.05) is 13.0 Å². The fourth-order valence-corrected chi connectivity index (χ4v) is 2.20.